The third-order valence-electron chi connectivity index (χ3n) is 2.87. The molecule has 0 heterocycles. The van der Waals surface area contributed by atoms with Crippen molar-refractivity contribution in [3.63, 3.8) is 0 Å². The van der Waals surface area contributed by atoms with Crippen molar-refractivity contribution in [1.29, 1.82) is 0 Å². The molecule has 0 spiro atoms. The van der Waals surface area contributed by atoms with Crippen LogP contribution in [0.5, 0.6) is 0 Å². The predicted molar refractivity (Wildman–Crippen MR) is 55.9 cm³/mol. The van der Waals surface area contributed by atoms with Gasteiger partial charge in [0.1, 0.15) is 0 Å². The van der Waals surface area contributed by atoms with Gasteiger partial charge in [0.2, 0.25) is 0 Å². The van der Waals surface area contributed by atoms with E-state index in [1.807, 2.05) is 0 Å². The van der Waals surface area contributed by atoms with Crippen molar-refractivity contribution >= 4 is 11.9 Å². The Labute approximate surface area is 92.7 Å². The largest absolute Gasteiger partial charge is 0.481 e. The van der Waals surface area contributed by atoms with Crippen LogP contribution in [0.25, 0.3) is 0 Å². The van der Waals surface area contributed by atoms with E-state index in [2.05, 4.69) is 0 Å². The van der Waals surface area contributed by atoms with Crippen molar-refractivity contribution in [2.45, 2.75) is 19.8 Å². The summed E-state index contributed by atoms with van der Waals surface area (Å²) < 4.78 is 0. The molecule has 0 saturated carbocycles. The Kier molecular flexibility index (Phi) is 3.49. The van der Waals surface area contributed by atoms with E-state index in [0.717, 1.165) is 0 Å². The lowest BCUT2D eigenvalue weighted by Crippen LogP contribution is -2.33. The summed E-state index contributed by atoms with van der Waals surface area (Å²) in [7, 11) is 0. The number of aliphatic hydroxyl groups is 1. The Morgan fingerprint density at radius 3 is 2.44 bits per heavy atom. The monoisotopic (exact) mass is 226 g/mol. The Bertz CT molecular complexity index is 380. The molecule has 3 N–H and O–H groups in total. The van der Waals surface area contributed by atoms with Crippen LogP contribution in [-0.2, 0) is 9.59 Å². The third kappa shape index (κ3) is 2.14. The van der Waals surface area contributed by atoms with E-state index in [-0.39, 0.29) is 25.0 Å². The molecule has 1 atom stereocenters. The summed E-state index contributed by atoms with van der Waals surface area (Å²) in [5, 5.41) is 26.8. The molecule has 1 aliphatic rings. The van der Waals surface area contributed by atoms with Gasteiger partial charge in [0, 0.05) is 12.2 Å². The van der Waals surface area contributed by atoms with Crippen molar-refractivity contribution < 1.29 is 24.9 Å². The number of rotatable bonds is 4. The first-order valence-corrected chi connectivity index (χ1v) is 4.89. The van der Waals surface area contributed by atoms with Crippen molar-refractivity contribution in [1.82, 2.24) is 0 Å². The normalized spacial score (nSPS) is 24.6. The second-order valence-corrected chi connectivity index (χ2v) is 3.98. The first-order valence-electron chi connectivity index (χ1n) is 4.89. The summed E-state index contributed by atoms with van der Waals surface area (Å²) in [5.41, 5.74) is -0.607. The fourth-order valence-electron chi connectivity index (χ4n) is 1.78. The zero-order valence-electron chi connectivity index (χ0n) is 8.93. The molecule has 16 heavy (non-hydrogen) atoms. The number of hydrogen-bond donors (Lipinski definition) is 3. The maximum atomic E-state index is 11.2. The van der Waals surface area contributed by atoms with Crippen LogP contribution in [0.1, 0.15) is 19.8 Å². The van der Waals surface area contributed by atoms with Gasteiger partial charge in [-0.2, -0.15) is 0 Å². The van der Waals surface area contributed by atoms with Gasteiger partial charge in [0.05, 0.1) is 5.41 Å². The second-order valence-electron chi connectivity index (χ2n) is 3.98. The fraction of sp³-hybridized carbons (Fsp3) is 0.455. The summed E-state index contributed by atoms with van der Waals surface area (Å²) in [4.78, 5) is 22.0. The minimum Gasteiger partial charge on any atom is -0.481 e. The summed E-state index contributed by atoms with van der Waals surface area (Å²) in [6, 6.07) is 0. The zero-order valence-corrected chi connectivity index (χ0v) is 8.93. The lowest BCUT2D eigenvalue weighted by Gasteiger charge is -2.30. The maximum Gasteiger partial charge on any atom is 0.331 e. The highest BCUT2D eigenvalue weighted by atomic mass is 16.4. The number of aliphatic hydroxyl groups excluding tert-OH is 1. The van der Waals surface area contributed by atoms with Gasteiger partial charge in [-0.3, -0.25) is 4.79 Å². The standard InChI is InChI=1S/C11H14O5/c1-11(10(15)16)6-7(9(13)14)2-3-8(11)4-5-12/h2-3,12H,4-6H2,1H3,(H,13,14)(H,15,16). The summed E-state index contributed by atoms with van der Waals surface area (Å²) in [6.45, 7) is 1.33. The van der Waals surface area contributed by atoms with Crippen molar-refractivity contribution in [3.8, 4) is 0 Å². The van der Waals surface area contributed by atoms with E-state index in [1.165, 1.54) is 19.1 Å². The van der Waals surface area contributed by atoms with Crippen LogP contribution in [0.2, 0.25) is 0 Å². The highest BCUT2D eigenvalue weighted by Crippen LogP contribution is 2.39. The van der Waals surface area contributed by atoms with Crippen molar-refractivity contribution in [2.24, 2.45) is 5.41 Å². The minimum atomic E-state index is -1.23. The molecule has 0 aromatic carbocycles. The Balaban J connectivity index is 3.11. The molecule has 0 bridgehead atoms. The maximum absolute atomic E-state index is 11.2. The third-order valence-corrected chi connectivity index (χ3v) is 2.87. The van der Waals surface area contributed by atoms with Crippen LogP contribution in [0.3, 0.4) is 0 Å². The summed E-state index contributed by atoms with van der Waals surface area (Å²) in [6.07, 6.45) is 3.07. The number of carboxylic acid groups (broad SMARTS) is 2. The molecule has 5 heteroatoms. The Hall–Kier alpha value is -1.62. The van der Waals surface area contributed by atoms with Crippen LogP contribution in [0.15, 0.2) is 23.3 Å². The minimum absolute atomic E-state index is 0.0521. The van der Waals surface area contributed by atoms with E-state index in [1.54, 1.807) is 0 Å². The quantitative estimate of drug-likeness (QED) is 0.659. The first-order chi connectivity index (χ1) is 7.41. The number of carbonyl (C=O) groups is 2. The van der Waals surface area contributed by atoms with Gasteiger partial charge in [-0.05, 0) is 19.8 Å². The van der Waals surface area contributed by atoms with Gasteiger partial charge in [0.25, 0.3) is 0 Å². The summed E-state index contributed by atoms with van der Waals surface area (Å²) in [5.74, 6) is -2.18. The Morgan fingerprint density at radius 2 is 2.00 bits per heavy atom. The Morgan fingerprint density at radius 1 is 1.38 bits per heavy atom. The lowest BCUT2D eigenvalue weighted by atomic mass is 9.72. The molecule has 1 rings (SSSR count). The first kappa shape index (κ1) is 12.4. The molecule has 1 unspecified atom stereocenters. The lowest BCUT2D eigenvalue weighted by molar-refractivity contribution is -0.146. The van der Waals surface area contributed by atoms with E-state index in [9.17, 15) is 9.59 Å². The molecular formula is C11H14O5. The molecule has 1 aliphatic carbocycles. The zero-order chi connectivity index (χ0) is 12.3. The van der Waals surface area contributed by atoms with E-state index in [4.69, 9.17) is 15.3 Å². The van der Waals surface area contributed by atoms with E-state index >= 15 is 0 Å². The highest BCUT2D eigenvalue weighted by Gasteiger charge is 2.40. The van der Waals surface area contributed by atoms with Crippen molar-refractivity contribution in [3.05, 3.63) is 23.3 Å². The number of hydrogen-bond acceptors (Lipinski definition) is 3. The number of allylic oxidation sites excluding steroid dienone is 2. The predicted octanol–water partition coefficient (Wildman–Crippen LogP) is 0.801. The van der Waals surface area contributed by atoms with Crippen LogP contribution in [-0.4, -0.2) is 33.9 Å². The molecule has 0 fully saturated rings. The van der Waals surface area contributed by atoms with Crippen LogP contribution < -0.4 is 0 Å². The molecular weight excluding hydrogens is 212 g/mol. The number of aliphatic carboxylic acids is 2. The van der Waals surface area contributed by atoms with E-state index in [0.29, 0.717) is 5.57 Å². The van der Waals surface area contributed by atoms with Crippen LogP contribution in [0, 0.1) is 5.41 Å². The highest BCUT2D eigenvalue weighted by molar-refractivity contribution is 5.90. The molecule has 5 nitrogen and oxygen atoms in total. The molecule has 88 valence electrons. The fourth-order valence-corrected chi connectivity index (χ4v) is 1.78. The van der Waals surface area contributed by atoms with Crippen molar-refractivity contribution in [2.75, 3.05) is 6.61 Å². The van der Waals surface area contributed by atoms with Crippen LogP contribution >= 0.6 is 0 Å². The molecule has 0 saturated heterocycles. The average molecular weight is 226 g/mol. The second kappa shape index (κ2) is 4.49. The average Bonchev–Trinajstić information content (AvgIpc) is 2.21. The van der Waals surface area contributed by atoms with Gasteiger partial charge >= 0.3 is 11.9 Å². The smallest absolute Gasteiger partial charge is 0.331 e. The van der Waals surface area contributed by atoms with Gasteiger partial charge in [-0.1, -0.05) is 17.7 Å². The van der Waals surface area contributed by atoms with Gasteiger partial charge < -0.3 is 15.3 Å². The van der Waals surface area contributed by atoms with E-state index < -0.39 is 17.4 Å². The van der Waals surface area contributed by atoms with Gasteiger partial charge in [-0.15, -0.1) is 0 Å². The summed E-state index contributed by atoms with van der Waals surface area (Å²) >= 11 is 0. The van der Waals surface area contributed by atoms with Gasteiger partial charge in [0.15, 0.2) is 0 Å². The molecule has 0 radical (unpaired) electrons. The molecule has 0 amide bonds. The SMILES string of the molecule is CC1(C(=O)O)CC(C(=O)O)=CC=C1CCO. The molecule has 0 aromatic rings. The molecule has 0 aromatic heterocycles. The van der Waals surface area contributed by atoms with Crippen LogP contribution in [0.4, 0.5) is 0 Å². The molecule has 0 aliphatic heterocycles. The topological polar surface area (TPSA) is 94.8 Å². The van der Waals surface area contributed by atoms with Gasteiger partial charge in [-0.25, -0.2) is 4.79 Å². The number of carboxylic acids is 2.